The van der Waals surface area contributed by atoms with Crippen molar-refractivity contribution in [2.24, 2.45) is 0 Å². The Balaban J connectivity index is 2.20. The summed E-state index contributed by atoms with van der Waals surface area (Å²) >= 11 is 4.72. The second kappa shape index (κ2) is 3.58. The lowest BCUT2D eigenvalue weighted by atomic mass is 10.1. The van der Waals surface area contributed by atoms with Crippen molar-refractivity contribution in [2.45, 2.75) is 6.42 Å². The molecule has 0 unspecified atom stereocenters. The van der Waals surface area contributed by atoms with Gasteiger partial charge in [0.15, 0.2) is 0 Å². The van der Waals surface area contributed by atoms with Crippen LogP contribution in [0.25, 0.3) is 0 Å². The van der Waals surface area contributed by atoms with E-state index < -0.39 is 0 Å². The van der Waals surface area contributed by atoms with Gasteiger partial charge in [-0.1, -0.05) is 30.3 Å². The van der Waals surface area contributed by atoms with Gasteiger partial charge in [-0.05, 0) is 5.56 Å². The van der Waals surface area contributed by atoms with Gasteiger partial charge in [0.25, 0.3) is 0 Å². The van der Waals surface area contributed by atoms with Crippen LogP contribution in [0.4, 0.5) is 0 Å². The van der Waals surface area contributed by atoms with E-state index in [0.29, 0.717) is 0 Å². The van der Waals surface area contributed by atoms with Crippen LogP contribution < -0.4 is 0 Å². The summed E-state index contributed by atoms with van der Waals surface area (Å²) in [6, 6.07) is 10.0. The molecule has 1 aromatic carbocycles. The summed E-state index contributed by atoms with van der Waals surface area (Å²) in [7, 11) is 0. The van der Waals surface area contributed by atoms with Crippen LogP contribution in [0.1, 0.15) is 11.3 Å². The van der Waals surface area contributed by atoms with Crippen LogP contribution in [0.3, 0.4) is 0 Å². The van der Waals surface area contributed by atoms with Crippen LogP contribution in [-0.4, -0.2) is 0 Å². The topological polar surface area (TPSA) is 26.3 Å². The third kappa shape index (κ3) is 2.06. The molecule has 0 spiro atoms. The first-order chi connectivity index (χ1) is 6.34. The fourth-order valence-electron chi connectivity index (χ4n) is 1.14. The van der Waals surface area contributed by atoms with Gasteiger partial charge in [-0.3, -0.25) is 0 Å². The predicted molar refractivity (Wildman–Crippen MR) is 51.1 cm³/mol. The minimum atomic E-state index is 0.186. The zero-order valence-corrected chi connectivity index (χ0v) is 7.71. The Morgan fingerprint density at radius 1 is 1.15 bits per heavy atom. The molecule has 0 saturated heterocycles. The maximum Gasteiger partial charge on any atom is 0.362 e. The van der Waals surface area contributed by atoms with Gasteiger partial charge in [0.05, 0.1) is 0 Å². The van der Waals surface area contributed by atoms with Gasteiger partial charge in [0.1, 0.15) is 12.0 Å². The molecule has 0 aliphatic carbocycles. The van der Waals surface area contributed by atoms with Gasteiger partial charge < -0.3 is 8.83 Å². The highest BCUT2D eigenvalue weighted by molar-refractivity contribution is 7.71. The zero-order valence-electron chi connectivity index (χ0n) is 6.90. The van der Waals surface area contributed by atoms with E-state index in [9.17, 15) is 0 Å². The first kappa shape index (κ1) is 8.26. The Labute approximate surface area is 80.8 Å². The molecule has 0 atom stereocenters. The molecule has 1 aromatic heterocycles. The van der Waals surface area contributed by atoms with E-state index in [0.717, 1.165) is 12.2 Å². The Morgan fingerprint density at radius 2 is 1.92 bits per heavy atom. The molecule has 1 heterocycles. The minimum absolute atomic E-state index is 0.186. The maximum absolute atomic E-state index is 5.14. The summed E-state index contributed by atoms with van der Waals surface area (Å²) in [6.45, 7) is 0. The molecule has 3 heteroatoms. The van der Waals surface area contributed by atoms with Crippen LogP contribution in [-0.2, 0) is 6.42 Å². The van der Waals surface area contributed by atoms with Crippen molar-refractivity contribution in [2.75, 3.05) is 0 Å². The van der Waals surface area contributed by atoms with Crippen LogP contribution in [0, 0.1) is 4.90 Å². The molecule has 0 amide bonds. The SMILES string of the molecule is S=c1occ(Cc2ccccc2)o1. The molecule has 2 aromatic rings. The van der Waals surface area contributed by atoms with Crippen LogP contribution in [0.15, 0.2) is 45.4 Å². The van der Waals surface area contributed by atoms with Gasteiger partial charge >= 0.3 is 4.90 Å². The number of benzene rings is 1. The van der Waals surface area contributed by atoms with E-state index in [1.807, 2.05) is 30.3 Å². The zero-order chi connectivity index (χ0) is 9.10. The lowest BCUT2D eigenvalue weighted by molar-refractivity contribution is 0.408. The Hall–Kier alpha value is -1.35. The lowest BCUT2D eigenvalue weighted by Gasteiger charge is -1.94. The molecular weight excluding hydrogens is 184 g/mol. The first-order valence-electron chi connectivity index (χ1n) is 3.96. The second-order valence-electron chi connectivity index (χ2n) is 2.72. The van der Waals surface area contributed by atoms with Crippen molar-refractivity contribution < 1.29 is 8.83 Å². The van der Waals surface area contributed by atoms with Gasteiger partial charge in [0.2, 0.25) is 0 Å². The van der Waals surface area contributed by atoms with Crippen molar-refractivity contribution in [1.29, 1.82) is 0 Å². The maximum atomic E-state index is 5.14. The van der Waals surface area contributed by atoms with Gasteiger partial charge in [-0.25, -0.2) is 0 Å². The number of hydrogen-bond donors (Lipinski definition) is 0. The molecule has 0 radical (unpaired) electrons. The average Bonchev–Trinajstić information content (AvgIpc) is 2.53. The van der Waals surface area contributed by atoms with E-state index in [1.165, 1.54) is 5.56 Å². The predicted octanol–water partition coefficient (Wildman–Crippen LogP) is 3.19. The minimum Gasteiger partial charge on any atom is -0.422 e. The van der Waals surface area contributed by atoms with E-state index in [4.69, 9.17) is 21.1 Å². The summed E-state index contributed by atoms with van der Waals surface area (Å²) in [5.41, 5.74) is 1.18. The van der Waals surface area contributed by atoms with Gasteiger partial charge in [0, 0.05) is 18.6 Å². The Morgan fingerprint density at radius 3 is 2.54 bits per heavy atom. The van der Waals surface area contributed by atoms with E-state index in [-0.39, 0.29) is 4.90 Å². The monoisotopic (exact) mass is 192 g/mol. The van der Waals surface area contributed by atoms with E-state index >= 15 is 0 Å². The Bertz CT molecular complexity index is 427. The fraction of sp³-hybridized carbons (Fsp3) is 0.100. The molecule has 0 saturated carbocycles. The van der Waals surface area contributed by atoms with Crippen molar-refractivity contribution in [1.82, 2.24) is 0 Å². The largest absolute Gasteiger partial charge is 0.422 e. The summed E-state index contributed by atoms with van der Waals surface area (Å²) in [5, 5.41) is 0. The Kier molecular flexibility index (Phi) is 2.27. The highest BCUT2D eigenvalue weighted by Crippen LogP contribution is 2.10. The molecule has 0 N–H and O–H groups in total. The van der Waals surface area contributed by atoms with Crippen molar-refractivity contribution in [3.63, 3.8) is 0 Å². The molecule has 66 valence electrons. The highest BCUT2D eigenvalue weighted by Gasteiger charge is 1.99. The summed E-state index contributed by atoms with van der Waals surface area (Å²) in [6.07, 6.45) is 2.27. The summed E-state index contributed by atoms with van der Waals surface area (Å²) in [5.74, 6) is 0.760. The van der Waals surface area contributed by atoms with Crippen molar-refractivity contribution >= 4 is 12.2 Å². The van der Waals surface area contributed by atoms with Crippen LogP contribution in [0.5, 0.6) is 0 Å². The average molecular weight is 192 g/mol. The third-order valence-corrected chi connectivity index (χ3v) is 1.90. The quantitative estimate of drug-likeness (QED) is 0.683. The third-order valence-electron chi connectivity index (χ3n) is 1.72. The second-order valence-corrected chi connectivity index (χ2v) is 3.05. The molecule has 0 fully saturated rings. The van der Waals surface area contributed by atoms with Gasteiger partial charge in [-0.15, -0.1) is 0 Å². The van der Waals surface area contributed by atoms with Gasteiger partial charge in [-0.2, -0.15) is 0 Å². The molecule has 0 bridgehead atoms. The number of rotatable bonds is 2. The smallest absolute Gasteiger partial charge is 0.362 e. The number of hydrogen-bond acceptors (Lipinski definition) is 3. The molecule has 0 aliphatic heterocycles. The van der Waals surface area contributed by atoms with E-state index in [1.54, 1.807) is 6.26 Å². The van der Waals surface area contributed by atoms with Crippen LogP contribution >= 0.6 is 12.2 Å². The van der Waals surface area contributed by atoms with Crippen LogP contribution in [0.2, 0.25) is 0 Å². The molecular formula is C10H8O2S. The summed E-state index contributed by atoms with van der Waals surface area (Å²) in [4.78, 5) is 0.186. The normalized spacial score (nSPS) is 10.2. The summed E-state index contributed by atoms with van der Waals surface area (Å²) < 4.78 is 10.0. The van der Waals surface area contributed by atoms with Crippen molar-refractivity contribution in [3.8, 4) is 0 Å². The molecule has 2 nitrogen and oxygen atoms in total. The molecule has 13 heavy (non-hydrogen) atoms. The first-order valence-corrected chi connectivity index (χ1v) is 4.37. The molecule has 0 aliphatic rings. The van der Waals surface area contributed by atoms with E-state index in [2.05, 4.69) is 0 Å². The lowest BCUT2D eigenvalue weighted by Crippen LogP contribution is -1.83. The molecule has 2 rings (SSSR count). The van der Waals surface area contributed by atoms with Crippen molar-refractivity contribution in [3.05, 3.63) is 52.8 Å². The highest BCUT2D eigenvalue weighted by atomic mass is 32.1. The fourth-order valence-corrected chi connectivity index (χ4v) is 1.30. The standard InChI is InChI=1S/C10H8O2S/c13-10-11-7-9(12-10)6-8-4-2-1-3-5-8/h1-5,7H,6H2.